The number of esters is 3. The average Bonchev–Trinajstić information content (AvgIpc) is 3.27. The van der Waals surface area contributed by atoms with Gasteiger partial charge in [0.25, 0.3) is 0 Å². The maximum atomic E-state index is 12.8. The van der Waals surface area contributed by atoms with Crippen LogP contribution in [0.25, 0.3) is 0 Å². The van der Waals surface area contributed by atoms with Crippen molar-refractivity contribution in [3.8, 4) is 0 Å². The first-order valence-electron chi connectivity index (χ1n) is 25.6. The number of carbonyl (C=O) groups excluding carboxylic acids is 3. The Morgan fingerprint density at radius 2 is 0.661 bits per heavy atom. The summed E-state index contributed by atoms with van der Waals surface area (Å²) in [6.07, 6.45) is 64.2. The van der Waals surface area contributed by atoms with Crippen molar-refractivity contribution in [2.45, 2.75) is 239 Å². The highest BCUT2D eigenvalue weighted by molar-refractivity contribution is 5.71. The van der Waals surface area contributed by atoms with Crippen molar-refractivity contribution in [3.63, 3.8) is 0 Å². The molecule has 0 aliphatic rings. The molecule has 1 atom stereocenters. The van der Waals surface area contributed by atoms with Gasteiger partial charge in [-0.2, -0.15) is 0 Å². The van der Waals surface area contributed by atoms with Crippen molar-refractivity contribution in [2.24, 2.45) is 0 Å². The molecule has 0 aromatic rings. The molecule has 62 heavy (non-hydrogen) atoms. The zero-order chi connectivity index (χ0) is 45.1. The van der Waals surface area contributed by atoms with Crippen LogP contribution in [0.1, 0.15) is 233 Å². The van der Waals surface area contributed by atoms with Crippen LogP contribution in [0, 0.1) is 0 Å². The first-order chi connectivity index (χ1) is 30.5. The average molecular weight is 863 g/mol. The van der Waals surface area contributed by atoms with E-state index in [1.807, 2.05) is 0 Å². The summed E-state index contributed by atoms with van der Waals surface area (Å²) in [7, 11) is 0. The number of unbranched alkanes of at least 4 members (excludes halogenated alkanes) is 20. The molecule has 0 saturated heterocycles. The molecule has 0 unspecified atom stereocenters. The summed E-state index contributed by atoms with van der Waals surface area (Å²) >= 11 is 0. The van der Waals surface area contributed by atoms with Gasteiger partial charge in [0.05, 0.1) is 0 Å². The largest absolute Gasteiger partial charge is 0.462 e. The molecule has 0 radical (unpaired) electrons. The fourth-order valence-electron chi connectivity index (χ4n) is 6.79. The van der Waals surface area contributed by atoms with Crippen molar-refractivity contribution >= 4 is 17.9 Å². The monoisotopic (exact) mass is 863 g/mol. The SMILES string of the molecule is CC/C=C/C/C=C/C/C=C/C/C=C/C/C=C/CCCC(=O)OC[C@@H](COC(=O)CCCCCCCCCCCCCCC)OC(=O)CCCCCCC/C=C/C/C=C/CCCC. The van der Waals surface area contributed by atoms with E-state index in [9.17, 15) is 14.4 Å². The number of allylic oxidation sites excluding steroid dienone is 14. The highest BCUT2D eigenvalue weighted by Gasteiger charge is 2.19. The zero-order valence-electron chi connectivity index (χ0n) is 40.4. The van der Waals surface area contributed by atoms with E-state index in [-0.39, 0.29) is 37.5 Å². The van der Waals surface area contributed by atoms with Crippen LogP contribution in [0.15, 0.2) is 85.1 Å². The van der Waals surface area contributed by atoms with E-state index in [1.165, 1.54) is 83.5 Å². The highest BCUT2D eigenvalue weighted by Crippen LogP contribution is 2.14. The molecule has 0 spiro atoms. The summed E-state index contributed by atoms with van der Waals surface area (Å²) in [5.74, 6) is -0.974. The number of carbonyl (C=O) groups is 3. The minimum Gasteiger partial charge on any atom is -0.462 e. The van der Waals surface area contributed by atoms with Crippen molar-refractivity contribution in [2.75, 3.05) is 13.2 Å². The Kier molecular flexibility index (Phi) is 47.5. The summed E-state index contributed by atoms with van der Waals surface area (Å²) in [6.45, 7) is 6.42. The molecule has 0 amide bonds. The third-order valence-corrected chi connectivity index (χ3v) is 10.6. The van der Waals surface area contributed by atoms with Crippen LogP contribution < -0.4 is 0 Å². The predicted octanol–water partition coefficient (Wildman–Crippen LogP) is 16.8. The molecule has 0 N–H and O–H groups in total. The maximum absolute atomic E-state index is 12.8. The first kappa shape index (κ1) is 58.6. The van der Waals surface area contributed by atoms with Gasteiger partial charge in [0.1, 0.15) is 13.2 Å². The minimum absolute atomic E-state index is 0.0988. The quantitative estimate of drug-likeness (QED) is 0.0263. The maximum Gasteiger partial charge on any atom is 0.306 e. The Balaban J connectivity index is 4.50. The lowest BCUT2D eigenvalue weighted by atomic mass is 10.0. The summed E-state index contributed by atoms with van der Waals surface area (Å²) < 4.78 is 16.7. The van der Waals surface area contributed by atoms with Crippen molar-refractivity contribution in [1.82, 2.24) is 0 Å². The Morgan fingerprint density at radius 3 is 1.10 bits per heavy atom. The Hall–Kier alpha value is -3.41. The molecule has 0 heterocycles. The van der Waals surface area contributed by atoms with Gasteiger partial charge in [-0.25, -0.2) is 0 Å². The summed E-state index contributed by atoms with van der Waals surface area (Å²) in [5, 5.41) is 0. The second kappa shape index (κ2) is 50.2. The predicted molar refractivity (Wildman–Crippen MR) is 265 cm³/mol. The lowest BCUT2D eigenvalue weighted by molar-refractivity contribution is -0.167. The molecule has 0 aromatic heterocycles. The standard InChI is InChI=1S/C56H94O6/c1-4-7-10-13-16-19-22-25-27-28-29-32-34-37-40-43-46-49-55(58)61-52-53(51-60-54(57)48-45-42-39-36-33-30-24-21-18-15-12-9-6-3)62-56(59)50-47-44-41-38-35-31-26-23-20-17-14-11-8-5-2/h7,10,14,16-17,19,23,25-27,29,32,37,40,53H,4-6,8-9,11-13,15,18,20-22,24,28,30-31,33-36,38-39,41-52H2,1-3H3/b10-7+,17-14+,19-16+,26-23+,27-25+,32-29+,40-37+/t53-/m1/s1. The summed E-state index contributed by atoms with van der Waals surface area (Å²) in [4.78, 5) is 37.9. The first-order valence-corrected chi connectivity index (χ1v) is 25.6. The summed E-state index contributed by atoms with van der Waals surface area (Å²) in [6, 6.07) is 0. The van der Waals surface area contributed by atoms with Gasteiger partial charge in [-0.1, -0.05) is 215 Å². The normalized spacial score (nSPS) is 12.8. The molecule has 0 aromatic carbocycles. The van der Waals surface area contributed by atoms with E-state index in [4.69, 9.17) is 14.2 Å². The molecule has 0 rings (SSSR count). The van der Waals surface area contributed by atoms with Crippen molar-refractivity contribution in [1.29, 1.82) is 0 Å². The van der Waals surface area contributed by atoms with Crippen LogP contribution in [0.3, 0.4) is 0 Å². The number of hydrogen-bond donors (Lipinski definition) is 0. The van der Waals surface area contributed by atoms with Crippen LogP contribution >= 0.6 is 0 Å². The number of ether oxygens (including phenoxy) is 3. The van der Waals surface area contributed by atoms with E-state index < -0.39 is 6.10 Å². The molecular weight excluding hydrogens is 769 g/mol. The van der Waals surface area contributed by atoms with Crippen LogP contribution in [0.5, 0.6) is 0 Å². The number of rotatable bonds is 45. The van der Waals surface area contributed by atoms with Crippen LogP contribution in [0.2, 0.25) is 0 Å². The minimum atomic E-state index is -0.804. The molecule has 354 valence electrons. The zero-order valence-corrected chi connectivity index (χ0v) is 40.4. The molecule has 0 bridgehead atoms. The Labute approximate surface area is 382 Å². The van der Waals surface area contributed by atoms with Crippen molar-refractivity contribution < 1.29 is 28.6 Å². The second-order valence-corrected chi connectivity index (χ2v) is 16.7. The molecule has 0 aliphatic carbocycles. The molecule has 6 heteroatoms. The lowest BCUT2D eigenvalue weighted by Crippen LogP contribution is -2.30. The van der Waals surface area contributed by atoms with E-state index in [1.54, 1.807) is 0 Å². The topological polar surface area (TPSA) is 78.9 Å². The van der Waals surface area contributed by atoms with Gasteiger partial charge in [-0.15, -0.1) is 0 Å². The smallest absolute Gasteiger partial charge is 0.306 e. The van der Waals surface area contributed by atoms with E-state index in [0.717, 1.165) is 103 Å². The molecule has 6 nitrogen and oxygen atoms in total. The van der Waals surface area contributed by atoms with Gasteiger partial charge in [0.15, 0.2) is 6.10 Å². The highest BCUT2D eigenvalue weighted by atomic mass is 16.6. The Bertz CT molecular complexity index is 1220. The van der Waals surface area contributed by atoms with E-state index >= 15 is 0 Å². The van der Waals surface area contributed by atoms with Crippen molar-refractivity contribution in [3.05, 3.63) is 85.1 Å². The van der Waals surface area contributed by atoms with E-state index in [2.05, 4.69) is 106 Å². The van der Waals surface area contributed by atoms with Gasteiger partial charge in [0, 0.05) is 19.3 Å². The molecule has 0 fully saturated rings. The number of hydrogen-bond acceptors (Lipinski definition) is 6. The van der Waals surface area contributed by atoms with Gasteiger partial charge < -0.3 is 14.2 Å². The fraction of sp³-hybridized carbons (Fsp3) is 0.696. The fourth-order valence-corrected chi connectivity index (χ4v) is 6.79. The molecular formula is C56H94O6. The van der Waals surface area contributed by atoms with Gasteiger partial charge >= 0.3 is 17.9 Å². The lowest BCUT2D eigenvalue weighted by Gasteiger charge is -2.18. The van der Waals surface area contributed by atoms with E-state index in [0.29, 0.717) is 19.3 Å². The molecule has 0 saturated carbocycles. The third kappa shape index (κ3) is 47.6. The summed E-state index contributed by atoms with van der Waals surface area (Å²) in [5.41, 5.74) is 0. The van der Waals surface area contributed by atoms with Crippen LogP contribution in [0.4, 0.5) is 0 Å². The van der Waals surface area contributed by atoms with Gasteiger partial charge in [-0.3, -0.25) is 14.4 Å². The Morgan fingerprint density at radius 1 is 0.339 bits per heavy atom. The second-order valence-electron chi connectivity index (χ2n) is 16.7. The van der Waals surface area contributed by atoms with Crippen LogP contribution in [-0.2, 0) is 28.6 Å². The van der Waals surface area contributed by atoms with Gasteiger partial charge in [0.2, 0.25) is 0 Å². The van der Waals surface area contributed by atoms with Gasteiger partial charge in [-0.05, 0) is 83.5 Å². The van der Waals surface area contributed by atoms with Crippen LogP contribution in [-0.4, -0.2) is 37.2 Å². The third-order valence-electron chi connectivity index (χ3n) is 10.6. The molecule has 0 aliphatic heterocycles.